The van der Waals surface area contributed by atoms with Crippen LogP contribution in [0.4, 0.5) is 0 Å². The fourth-order valence-electron chi connectivity index (χ4n) is 7.48. The number of aromatic nitrogens is 3. The molecule has 11 aromatic rings. The van der Waals surface area contributed by atoms with Gasteiger partial charge in [-0.25, -0.2) is 9.97 Å². The number of furan rings is 1. The molecule has 5 heteroatoms. The molecule has 7 aromatic carbocycles. The van der Waals surface area contributed by atoms with Gasteiger partial charge in [-0.05, 0) is 57.4 Å². The van der Waals surface area contributed by atoms with Gasteiger partial charge in [-0.3, -0.25) is 4.40 Å². The van der Waals surface area contributed by atoms with E-state index in [1.54, 1.807) is 11.3 Å². The number of hydrogen-bond acceptors (Lipinski definition) is 4. The van der Waals surface area contributed by atoms with Crippen molar-refractivity contribution in [1.29, 1.82) is 0 Å². The summed E-state index contributed by atoms with van der Waals surface area (Å²) in [4.78, 5) is 11.4. The Kier molecular flexibility index (Phi) is 4.96. The monoisotopic (exact) mass is 617 g/mol. The van der Waals surface area contributed by atoms with Gasteiger partial charge in [0.1, 0.15) is 22.2 Å². The van der Waals surface area contributed by atoms with E-state index in [-0.39, 0.29) is 0 Å². The van der Waals surface area contributed by atoms with Crippen LogP contribution in [0.3, 0.4) is 0 Å². The number of hydrogen-bond donors (Lipinski definition) is 0. The molecule has 0 aliphatic carbocycles. The third kappa shape index (κ3) is 3.46. The largest absolute Gasteiger partial charge is 0.455 e. The van der Waals surface area contributed by atoms with Crippen LogP contribution in [-0.2, 0) is 0 Å². The normalized spacial score (nSPS) is 12.3. The van der Waals surface area contributed by atoms with Crippen LogP contribution in [0, 0.1) is 0 Å². The summed E-state index contributed by atoms with van der Waals surface area (Å²) in [6.07, 6.45) is 0. The zero-order chi connectivity index (χ0) is 30.6. The van der Waals surface area contributed by atoms with Gasteiger partial charge in [0.05, 0.1) is 21.4 Å². The van der Waals surface area contributed by atoms with Gasteiger partial charge in [-0.15, -0.1) is 0 Å². The molecule has 0 saturated heterocycles. The molecule has 218 valence electrons. The van der Waals surface area contributed by atoms with Gasteiger partial charge in [-0.1, -0.05) is 121 Å². The smallest absolute Gasteiger partial charge is 0.195 e. The van der Waals surface area contributed by atoms with E-state index in [4.69, 9.17) is 14.4 Å². The second-order valence-electron chi connectivity index (χ2n) is 12.2. The second-order valence-corrected chi connectivity index (χ2v) is 13.2. The minimum absolute atomic E-state index is 0.906. The topological polar surface area (TPSA) is 43.3 Å². The number of imidazole rings is 1. The molecular weight excluding hydrogens is 595 g/mol. The highest BCUT2D eigenvalue weighted by molar-refractivity contribution is 7.23. The fourth-order valence-corrected chi connectivity index (χ4v) is 8.50. The maximum Gasteiger partial charge on any atom is 0.195 e. The van der Waals surface area contributed by atoms with Crippen molar-refractivity contribution in [3.8, 4) is 22.4 Å². The van der Waals surface area contributed by atoms with E-state index in [2.05, 4.69) is 138 Å². The van der Waals surface area contributed by atoms with Gasteiger partial charge < -0.3 is 4.42 Å². The molecule has 11 rings (SSSR count). The third-order valence-electron chi connectivity index (χ3n) is 9.59. The first kappa shape index (κ1) is 25.2. The lowest BCUT2D eigenvalue weighted by Crippen LogP contribution is -1.92. The van der Waals surface area contributed by atoms with Crippen LogP contribution in [0.5, 0.6) is 0 Å². The first-order valence-corrected chi connectivity index (χ1v) is 16.6. The lowest BCUT2D eigenvalue weighted by molar-refractivity contribution is 0.670. The number of pyridine rings is 1. The second kappa shape index (κ2) is 9.25. The van der Waals surface area contributed by atoms with Crippen molar-refractivity contribution in [2.75, 3.05) is 0 Å². The summed E-state index contributed by atoms with van der Waals surface area (Å²) in [5.74, 6) is 0. The molecule has 0 spiro atoms. The number of rotatable bonds is 2. The molecule has 0 saturated carbocycles. The summed E-state index contributed by atoms with van der Waals surface area (Å²) in [6.45, 7) is 0. The minimum Gasteiger partial charge on any atom is -0.455 e. The first-order valence-electron chi connectivity index (χ1n) is 15.8. The Hall–Kier alpha value is -6.04. The van der Waals surface area contributed by atoms with E-state index in [0.29, 0.717) is 0 Å². The van der Waals surface area contributed by atoms with Gasteiger partial charge in [0.25, 0.3) is 0 Å². The summed E-state index contributed by atoms with van der Waals surface area (Å²) in [5, 5.41) is 8.22. The molecule has 0 radical (unpaired) electrons. The van der Waals surface area contributed by atoms with E-state index in [1.807, 2.05) is 6.07 Å². The van der Waals surface area contributed by atoms with Crippen LogP contribution < -0.4 is 0 Å². The van der Waals surface area contributed by atoms with Gasteiger partial charge in [0, 0.05) is 27.3 Å². The standard InChI is InChI=1S/C42H23N3OS/c1-3-11-28-24(9-1)21-22-34-36(28)37-29-12-4-2-10-27(29)23-31(41(37)46-34)25-17-19-26(20-18-25)38-40-39(30-13-5-6-14-32(30)43-38)44-42-45(40)33-15-7-8-16-35(33)47-42/h1-23H. The SMILES string of the molecule is c1ccc2c(c1)ccc1oc3c(-c4ccc(-c5nc6ccccc6c6nc7sc8ccccc8n7c56)cc4)cc4ccccc4c3c12. The van der Waals surface area contributed by atoms with Crippen LogP contribution in [0.2, 0.25) is 0 Å². The van der Waals surface area contributed by atoms with Crippen molar-refractivity contribution in [3.05, 3.63) is 140 Å². The lowest BCUT2D eigenvalue weighted by Gasteiger charge is -2.10. The van der Waals surface area contributed by atoms with Gasteiger partial charge in [0.15, 0.2) is 4.96 Å². The van der Waals surface area contributed by atoms with Crippen molar-refractivity contribution < 1.29 is 4.42 Å². The van der Waals surface area contributed by atoms with E-state index in [1.165, 1.54) is 31.6 Å². The Labute approximate surface area is 271 Å². The Bertz CT molecular complexity index is 3070. The molecule has 47 heavy (non-hydrogen) atoms. The van der Waals surface area contributed by atoms with E-state index < -0.39 is 0 Å². The summed E-state index contributed by atoms with van der Waals surface area (Å²) in [7, 11) is 0. The molecule has 0 atom stereocenters. The molecule has 0 aliphatic heterocycles. The van der Waals surface area contributed by atoms with E-state index >= 15 is 0 Å². The molecule has 4 aromatic heterocycles. The van der Waals surface area contributed by atoms with Gasteiger partial charge in [0.2, 0.25) is 0 Å². The highest BCUT2D eigenvalue weighted by Crippen LogP contribution is 2.44. The zero-order valence-corrected chi connectivity index (χ0v) is 25.8. The molecule has 4 heterocycles. The number of thiazole rings is 1. The van der Waals surface area contributed by atoms with E-state index in [0.717, 1.165) is 71.4 Å². The number of benzene rings is 7. The van der Waals surface area contributed by atoms with Crippen molar-refractivity contribution in [1.82, 2.24) is 14.4 Å². The van der Waals surface area contributed by atoms with Crippen molar-refractivity contribution >= 4 is 91.9 Å². The lowest BCUT2D eigenvalue weighted by atomic mass is 9.94. The van der Waals surface area contributed by atoms with Crippen LogP contribution in [0.15, 0.2) is 144 Å². The minimum atomic E-state index is 0.906. The Morgan fingerprint density at radius 1 is 0.574 bits per heavy atom. The molecule has 0 aliphatic rings. The Balaban J connectivity index is 1.17. The quantitative estimate of drug-likeness (QED) is 0.194. The van der Waals surface area contributed by atoms with Crippen LogP contribution in [-0.4, -0.2) is 14.4 Å². The predicted octanol–water partition coefficient (Wildman–Crippen LogP) is 11.8. The zero-order valence-electron chi connectivity index (χ0n) is 24.9. The molecule has 0 unspecified atom stereocenters. The fraction of sp³-hybridized carbons (Fsp3) is 0. The van der Waals surface area contributed by atoms with Crippen molar-refractivity contribution in [2.24, 2.45) is 0 Å². The molecule has 0 fully saturated rings. The molecule has 4 nitrogen and oxygen atoms in total. The van der Waals surface area contributed by atoms with Crippen molar-refractivity contribution in [2.45, 2.75) is 0 Å². The Morgan fingerprint density at radius 3 is 2.15 bits per heavy atom. The number of para-hydroxylation sites is 2. The van der Waals surface area contributed by atoms with E-state index in [9.17, 15) is 0 Å². The Morgan fingerprint density at radius 2 is 1.28 bits per heavy atom. The van der Waals surface area contributed by atoms with Crippen LogP contribution in [0.1, 0.15) is 0 Å². The third-order valence-corrected chi connectivity index (χ3v) is 10.6. The molecule has 0 bridgehead atoms. The maximum absolute atomic E-state index is 6.72. The van der Waals surface area contributed by atoms with Crippen LogP contribution >= 0.6 is 11.3 Å². The predicted molar refractivity (Wildman–Crippen MR) is 197 cm³/mol. The van der Waals surface area contributed by atoms with Crippen molar-refractivity contribution in [3.63, 3.8) is 0 Å². The van der Waals surface area contributed by atoms with Gasteiger partial charge >= 0.3 is 0 Å². The average Bonchev–Trinajstić information content (AvgIpc) is 3.82. The summed E-state index contributed by atoms with van der Waals surface area (Å²) >= 11 is 1.72. The first-order chi connectivity index (χ1) is 23.3. The highest BCUT2D eigenvalue weighted by Gasteiger charge is 2.21. The summed E-state index contributed by atoms with van der Waals surface area (Å²) in [6, 6.07) is 49.3. The molecule has 0 amide bonds. The molecule has 0 N–H and O–H groups in total. The average molecular weight is 618 g/mol. The van der Waals surface area contributed by atoms with Crippen LogP contribution in [0.25, 0.3) is 103 Å². The van der Waals surface area contributed by atoms with Gasteiger partial charge in [-0.2, -0.15) is 0 Å². The number of nitrogens with zero attached hydrogens (tertiary/aromatic N) is 3. The summed E-state index contributed by atoms with van der Waals surface area (Å²) < 4.78 is 10.2. The molecular formula is C42H23N3OS. The highest BCUT2D eigenvalue weighted by atomic mass is 32.1. The number of fused-ring (bicyclic) bond motifs is 14. The summed E-state index contributed by atoms with van der Waals surface area (Å²) in [5.41, 5.74) is 10.1. The maximum atomic E-state index is 6.72.